The van der Waals surface area contributed by atoms with Gasteiger partial charge >= 0.3 is 5.97 Å². The number of nitrogens with two attached hydrogens (primary N) is 3. The minimum absolute atomic E-state index is 0.0433. The van der Waals surface area contributed by atoms with E-state index >= 15 is 0 Å². The zero-order valence-electron chi connectivity index (χ0n) is 43.8. The number of carbonyl (C=O) groups is 7. The maximum absolute atomic E-state index is 13.9. The van der Waals surface area contributed by atoms with Crippen molar-refractivity contribution in [3.8, 4) is 34.8 Å². The lowest BCUT2D eigenvalue weighted by molar-refractivity contribution is -0.308. The van der Waals surface area contributed by atoms with Gasteiger partial charge in [-0.1, -0.05) is 6.07 Å². The smallest absolute Gasteiger partial charge is 0.336 e. The van der Waals surface area contributed by atoms with Crippen molar-refractivity contribution in [3.63, 3.8) is 0 Å². The van der Waals surface area contributed by atoms with Gasteiger partial charge in [-0.25, -0.2) is 9.37 Å². The largest absolute Gasteiger partial charge is 0.548 e. The van der Waals surface area contributed by atoms with Crippen molar-refractivity contribution in [2.75, 3.05) is 57.3 Å². The summed E-state index contributed by atoms with van der Waals surface area (Å²) in [5, 5.41) is 37.0. The van der Waals surface area contributed by atoms with Crippen molar-refractivity contribution < 1.29 is 48.2 Å². The molecule has 2 aromatic rings. The number of carbonyl (C=O) groups excluding carboxylic acids is 6. The summed E-state index contributed by atoms with van der Waals surface area (Å²) in [6.07, 6.45) is 7.86. The second-order valence-corrected chi connectivity index (χ2v) is 18.1. The molecule has 5 amide bonds. The van der Waals surface area contributed by atoms with E-state index < -0.39 is 65.6 Å². The number of unbranched alkanes of at least 4 members (excludes halogenated alkanes) is 3. The molecule has 0 fully saturated rings. The van der Waals surface area contributed by atoms with E-state index in [2.05, 4.69) is 69.7 Å². The molecular weight excluding hydrogens is 961 g/mol. The van der Waals surface area contributed by atoms with Crippen LogP contribution in [-0.2, 0) is 24.0 Å². The van der Waals surface area contributed by atoms with Gasteiger partial charge in [0.25, 0.3) is 5.91 Å². The molecule has 1 unspecified atom stereocenters. The quantitative estimate of drug-likeness (QED) is 0.0146. The first-order valence-corrected chi connectivity index (χ1v) is 26.0. The number of nitrogens with zero attached hydrogens (tertiary/aromatic N) is 2. The molecule has 0 bridgehead atoms. The summed E-state index contributed by atoms with van der Waals surface area (Å²) in [6, 6.07) is 11.2. The van der Waals surface area contributed by atoms with E-state index in [1.807, 2.05) is 36.4 Å². The number of aromatic carboxylic acids is 1. The third-order valence-corrected chi connectivity index (χ3v) is 13.0. The van der Waals surface area contributed by atoms with Crippen molar-refractivity contribution in [1.29, 1.82) is 0 Å². The highest BCUT2D eigenvalue weighted by atomic mass is 16.4. The number of hydrogen-bond donors (Lipinski definition) is 9. The van der Waals surface area contributed by atoms with Crippen LogP contribution < -0.4 is 63.7 Å². The van der Waals surface area contributed by atoms with Crippen molar-refractivity contribution in [3.05, 3.63) is 71.1 Å². The third-order valence-electron chi connectivity index (χ3n) is 13.0. The Bertz CT molecular complexity index is 2690. The van der Waals surface area contributed by atoms with Crippen LogP contribution in [0.15, 0.2) is 59.0 Å². The topological polar surface area (TPSA) is 320 Å². The van der Waals surface area contributed by atoms with Gasteiger partial charge in [0.05, 0.1) is 23.6 Å². The van der Waals surface area contributed by atoms with Gasteiger partial charge in [0, 0.05) is 72.4 Å². The number of amides is 5. The molecule has 1 aliphatic carbocycles. The number of nitrogens with one attached hydrogen (secondary N) is 5. The van der Waals surface area contributed by atoms with Crippen LogP contribution in [0, 0.1) is 12.3 Å². The molecular formula is C55H76N10O10. The molecule has 0 saturated heterocycles. The Morgan fingerprint density at radius 1 is 0.707 bits per heavy atom. The fraction of sp³-hybridized carbons (Fsp3) is 0.491. The Morgan fingerprint density at radius 2 is 1.25 bits per heavy atom. The average molecular weight is 1040 g/mol. The molecule has 12 N–H and O–H groups in total. The summed E-state index contributed by atoms with van der Waals surface area (Å²) >= 11 is 0. The van der Waals surface area contributed by atoms with Crippen molar-refractivity contribution in [2.24, 2.45) is 17.2 Å². The summed E-state index contributed by atoms with van der Waals surface area (Å²) in [5.41, 5.74) is 20.3. The second kappa shape index (κ2) is 30.8. The SMILES string of the molecule is C#CCC(NC(=O)[C@H](CCCCN)NC(=O)[C@H](CCCCN)NC(=O)[C@H](CCCCN)NC(=O)CCNC(=O)c1ccc(-c2c3ccc(=[N+](CC)CC)cc-3oc3cc(N(CC)CC)ccc23)c(C(=O)O)c1)C(=O)[O-]. The van der Waals surface area contributed by atoms with Crippen LogP contribution in [0.25, 0.3) is 33.4 Å². The minimum atomic E-state index is -1.59. The van der Waals surface area contributed by atoms with Gasteiger partial charge in [0.2, 0.25) is 29.0 Å². The van der Waals surface area contributed by atoms with Crippen molar-refractivity contribution in [1.82, 2.24) is 31.2 Å². The summed E-state index contributed by atoms with van der Waals surface area (Å²) in [4.78, 5) is 95.1. The maximum Gasteiger partial charge on any atom is 0.336 e. The van der Waals surface area contributed by atoms with Gasteiger partial charge in [-0.15, -0.1) is 12.3 Å². The Labute approximate surface area is 439 Å². The molecule has 1 heterocycles. The Kier molecular flexibility index (Phi) is 24.7. The number of anilines is 1. The Morgan fingerprint density at radius 3 is 1.76 bits per heavy atom. The zero-order valence-corrected chi connectivity index (χ0v) is 43.8. The number of carboxylic acids is 2. The second-order valence-electron chi connectivity index (χ2n) is 18.1. The number of hydrogen-bond acceptors (Lipinski definition) is 13. The molecule has 4 atom stereocenters. The molecule has 4 rings (SSSR count). The fourth-order valence-electron chi connectivity index (χ4n) is 8.88. The van der Waals surface area contributed by atoms with Crippen LogP contribution in [0.4, 0.5) is 5.69 Å². The maximum atomic E-state index is 13.9. The molecule has 20 heteroatoms. The number of carboxylic acid groups (broad SMARTS) is 2. The van der Waals surface area contributed by atoms with E-state index in [0.29, 0.717) is 91.6 Å². The van der Waals surface area contributed by atoms with Crippen LogP contribution in [0.2, 0.25) is 0 Å². The molecule has 0 saturated carbocycles. The van der Waals surface area contributed by atoms with Crippen molar-refractivity contribution >= 4 is 58.1 Å². The molecule has 1 aliphatic heterocycles. The highest BCUT2D eigenvalue weighted by molar-refractivity contribution is 6.09. The van der Waals surface area contributed by atoms with Gasteiger partial charge in [-0.05, 0) is 141 Å². The third kappa shape index (κ3) is 17.1. The van der Waals surface area contributed by atoms with E-state index in [9.17, 15) is 43.8 Å². The highest BCUT2D eigenvalue weighted by Crippen LogP contribution is 2.42. The molecule has 0 radical (unpaired) electrons. The van der Waals surface area contributed by atoms with Gasteiger partial charge in [-0.2, -0.15) is 0 Å². The molecule has 406 valence electrons. The normalized spacial score (nSPS) is 12.7. The summed E-state index contributed by atoms with van der Waals surface area (Å²) < 4.78 is 8.76. The lowest BCUT2D eigenvalue weighted by Gasteiger charge is -2.27. The fourth-order valence-corrected chi connectivity index (χ4v) is 8.88. The number of rotatable bonds is 32. The first kappa shape index (κ1) is 60.2. The lowest BCUT2D eigenvalue weighted by Crippen LogP contribution is -2.58. The van der Waals surface area contributed by atoms with Gasteiger partial charge in [-0.3, -0.25) is 24.0 Å². The molecule has 2 aliphatic rings. The van der Waals surface area contributed by atoms with E-state index in [4.69, 9.17) is 28.0 Å². The van der Waals surface area contributed by atoms with Crippen LogP contribution in [0.3, 0.4) is 0 Å². The lowest BCUT2D eigenvalue weighted by atomic mass is 9.89. The minimum Gasteiger partial charge on any atom is -0.548 e. The summed E-state index contributed by atoms with van der Waals surface area (Å²) in [6.45, 7) is 12.1. The van der Waals surface area contributed by atoms with Crippen molar-refractivity contribution in [2.45, 2.75) is 122 Å². The average Bonchev–Trinajstić information content (AvgIpc) is 3.39. The number of fused-ring (bicyclic) bond motifs is 2. The number of aliphatic carboxylic acids is 1. The van der Waals surface area contributed by atoms with Crippen LogP contribution in [0.5, 0.6) is 0 Å². The molecule has 75 heavy (non-hydrogen) atoms. The van der Waals surface area contributed by atoms with E-state index in [0.717, 1.165) is 37.2 Å². The Hall–Kier alpha value is -7.34. The van der Waals surface area contributed by atoms with Crippen LogP contribution in [0.1, 0.15) is 119 Å². The Balaban J connectivity index is 1.55. The van der Waals surface area contributed by atoms with Gasteiger partial charge in [0.1, 0.15) is 42.6 Å². The highest BCUT2D eigenvalue weighted by Gasteiger charge is 2.31. The van der Waals surface area contributed by atoms with E-state index in [1.54, 1.807) is 6.07 Å². The first-order chi connectivity index (χ1) is 36.1. The van der Waals surface area contributed by atoms with Crippen LogP contribution >= 0.6 is 0 Å². The molecule has 0 spiro atoms. The van der Waals surface area contributed by atoms with Gasteiger partial charge in [0.15, 0.2) is 0 Å². The molecule has 2 aromatic carbocycles. The summed E-state index contributed by atoms with van der Waals surface area (Å²) in [5.74, 6) is -3.55. The standard InChI is InChI=1S/C55H76N10O10/c1-6-17-45(55(73)74)63-53(70)44(20-13-16-30-58)62-52(69)43(19-12-15-29-57)61-51(68)42(18-11-14-28-56)60-48(66)27-31-59-50(67)35-21-24-38(41(32-35)54(71)72)49-39-25-22-36(64(7-2)8-3)33-46(39)75-47-34-37(23-26-40(47)49)65(9-4)10-5/h1,21-26,32-34,42-45H,7-20,27-31,56-58H2,2-5H3,(H6-,59,60,61,62,63,66,67,68,69,70,71,72,73,74)/t42-,43-,44-,45?/m0/s1. The first-order valence-electron chi connectivity index (χ1n) is 26.0. The number of benzene rings is 3. The van der Waals surface area contributed by atoms with E-state index in [-0.39, 0.29) is 49.8 Å². The monoisotopic (exact) mass is 1040 g/mol. The van der Waals surface area contributed by atoms with Crippen LogP contribution in [-0.4, -0.2) is 123 Å². The van der Waals surface area contributed by atoms with E-state index in [1.165, 1.54) is 12.1 Å². The predicted octanol–water partition coefficient (Wildman–Crippen LogP) is 1.78. The summed E-state index contributed by atoms with van der Waals surface area (Å²) in [7, 11) is 0. The van der Waals surface area contributed by atoms with Gasteiger partial charge < -0.3 is 68.1 Å². The molecule has 0 aromatic heterocycles. The predicted molar refractivity (Wildman–Crippen MR) is 287 cm³/mol. The number of terminal acetylenes is 1. The zero-order chi connectivity index (χ0) is 55.0. The molecule has 20 nitrogen and oxygen atoms in total.